The summed E-state index contributed by atoms with van der Waals surface area (Å²) in [5, 5.41) is 16.0. The first-order valence-corrected chi connectivity index (χ1v) is 10.1. The smallest absolute Gasteiger partial charge is 0.331 e. The second kappa shape index (κ2) is 9.41. The summed E-state index contributed by atoms with van der Waals surface area (Å²) in [4.78, 5) is 24.9. The van der Waals surface area contributed by atoms with Gasteiger partial charge in [-0.1, -0.05) is 42.6 Å². The fraction of sp³-hybridized carbons (Fsp3) is 0.227. The van der Waals surface area contributed by atoms with Gasteiger partial charge in [-0.2, -0.15) is 5.10 Å². The molecule has 0 spiro atoms. The molecule has 1 amide bonds. The van der Waals surface area contributed by atoms with Gasteiger partial charge in [0.2, 0.25) is 0 Å². The molecule has 156 valence electrons. The SMILES string of the molecule is CCCC1=NN(c2ccc(F)cc2)C(=O)C1C/C(=C/c1ccc(Cl)c(Cl)c1)C(=O)O. The third-order valence-corrected chi connectivity index (χ3v) is 5.44. The van der Waals surface area contributed by atoms with Crippen LogP contribution >= 0.6 is 23.2 Å². The van der Waals surface area contributed by atoms with Crippen molar-refractivity contribution in [2.24, 2.45) is 11.0 Å². The molecule has 3 rings (SSSR count). The first kappa shape index (κ1) is 22.0. The Kier molecular flexibility index (Phi) is 6.90. The number of aliphatic carboxylic acids is 1. The van der Waals surface area contributed by atoms with Crippen molar-refractivity contribution in [3.8, 4) is 0 Å². The molecule has 30 heavy (non-hydrogen) atoms. The zero-order valence-electron chi connectivity index (χ0n) is 16.1. The van der Waals surface area contributed by atoms with Crippen LogP contribution in [0.15, 0.2) is 53.1 Å². The van der Waals surface area contributed by atoms with E-state index in [0.717, 1.165) is 6.42 Å². The van der Waals surface area contributed by atoms with E-state index in [-0.39, 0.29) is 17.9 Å². The maximum absolute atomic E-state index is 13.2. The lowest BCUT2D eigenvalue weighted by Crippen LogP contribution is -2.28. The van der Waals surface area contributed by atoms with Gasteiger partial charge in [-0.15, -0.1) is 0 Å². The number of rotatable bonds is 7. The first-order chi connectivity index (χ1) is 14.3. The Morgan fingerprint density at radius 3 is 2.50 bits per heavy atom. The van der Waals surface area contributed by atoms with Crippen LogP contribution in [0.25, 0.3) is 6.08 Å². The van der Waals surface area contributed by atoms with Crippen LogP contribution in [0.4, 0.5) is 10.1 Å². The third kappa shape index (κ3) is 4.89. The number of carbonyl (C=O) groups is 2. The highest BCUT2D eigenvalue weighted by Gasteiger charge is 2.37. The molecule has 8 heteroatoms. The maximum atomic E-state index is 13.2. The van der Waals surface area contributed by atoms with E-state index in [0.29, 0.717) is 33.4 Å². The van der Waals surface area contributed by atoms with E-state index in [4.69, 9.17) is 23.2 Å². The molecule has 0 saturated heterocycles. The molecule has 0 fully saturated rings. The molecular formula is C22H19Cl2FN2O3. The van der Waals surface area contributed by atoms with Crippen LogP contribution in [-0.4, -0.2) is 22.7 Å². The van der Waals surface area contributed by atoms with Gasteiger partial charge >= 0.3 is 5.97 Å². The molecule has 0 bridgehead atoms. The molecule has 0 aliphatic carbocycles. The second-order valence-corrected chi connectivity index (χ2v) is 7.69. The number of anilines is 1. The molecule has 1 heterocycles. The zero-order chi connectivity index (χ0) is 21.8. The van der Waals surface area contributed by atoms with Crippen molar-refractivity contribution in [1.29, 1.82) is 0 Å². The van der Waals surface area contributed by atoms with Crippen LogP contribution in [-0.2, 0) is 9.59 Å². The number of hydrogen-bond acceptors (Lipinski definition) is 3. The number of carboxylic acids is 1. The zero-order valence-corrected chi connectivity index (χ0v) is 17.6. The van der Waals surface area contributed by atoms with Gasteiger partial charge in [0, 0.05) is 5.57 Å². The van der Waals surface area contributed by atoms with Crippen molar-refractivity contribution in [1.82, 2.24) is 0 Å². The fourth-order valence-corrected chi connectivity index (χ4v) is 3.53. The monoisotopic (exact) mass is 448 g/mol. The highest BCUT2D eigenvalue weighted by atomic mass is 35.5. The molecule has 0 radical (unpaired) electrons. The summed E-state index contributed by atoms with van der Waals surface area (Å²) in [6.07, 6.45) is 2.75. The maximum Gasteiger partial charge on any atom is 0.331 e. The lowest BCUT2D eigenvalue weighted by molar-refractivity contribution is -0.132. The van der Waals surface area contributed by atoms with Crippen LogP contribution in [0.3, 0.4) is 0 Å². The van der Waals surface area contributed by atoms with Crippen LogP contribution in [0.1, 0.15) is 31.7 Å². The molecule has 1 N–H and O–H groups in total. The minimum absolute atomic E-state index is 0.0229. The highest BCUT2D eigenvalue weighted by molar-refractivity contribution is 6.42. The molecule has 0 aromatic heterocycles. The lowest BCUT2D eigenvalue weighted by atomic mass is 9.91. The second-order valence-electron chi connectivity index (χ2n) is 6.87. The van der Waals surface area contributed by atoms with Gasteiger partial charge in [-0.3, -0.25) is 4.79 Å². The molecule has 2 aromatic rings. The minimum atomic E-state index is -1.13. The first-order valence-electron chi connectivity index (χ1n) is 9.36. The number of hydrazone groups is 1. The minimum Gasteiger partial charge on any atom is -0.478 e. The molecule has 1 aliphatic heterocycles. The van der Waals surface area contributed by atoms with Crippen molar-refractivity contribution < 1.29 is 19.1 Å². The molecule has 1 atom stereocenters. The van der Waals surface area contributed by atoms with Crippen LogP contribution in [0.2, 0.25) is 10.0 Å². The van der Waals surface area contributed by atoms with E-state index in [1.54, 1.807) is 18.2 Å². The highest BCUT2D eigenvalue weighted by Crippen LogP contribution is 2.31. The van der Waals surface area contributed by atoms with Gasteiger partial charge in [-0.05, 0) is 60.9 Å². The van der Waals surface area contributed by atoms with Crippen molar-refractivity contribution in [3.05, 3.63) is 69.5 Å². The average Bonchev–Trinajstić information content (AvgIpc) is 3.00. The standard InChI is InChI=1S/C22H19Cl2FN2O3/c1-2-3-20-17(21(28)27(26-20)16-7-5-15(25)6-8-16)12-14(22(29)30)10-13-4-9-18(23)19(24)11-13/h4-11,17H,2-3,12H2,1H3,(H,29,30)/b14-10-. The van der Waals surface area contributed by atoms with Crippen molar-refractivity contribution in [2.75, 3.05) is 5.01 Å². The van der Waals surface area contributed by atoms with E-state index < -0.39 is 17.7 Å². The largest absolute Gasteiger partial charge is 0.478 e. The summed E-state index contributed by atoms with van der Waals surface area (Å²) in [7, 11) is 0. The number of benzene rings is 2. The molecule has 1 aliphatic rings. The molecular weight excluding hydrogens is 430 g/mol. The van der Waals surface area contributed by atoms with Crippen LogP contribution in [0.5, 0.6) is 0 Å². The Morgan fingerprint density at radius 2 is 1.90 bits per heavy atom. The summed E-state index contributed by atoms with van der Waals surface area (Å²) in [6, 6.07) is 10.2. The number of hydrogen-bond donors (Lipinski definition) is 1. The molecule has 1 unspecified atom stereocenters. The van der Waals surface area contributed by atoms with Gasteiger partial charge in [0.1, 0.15) is 5.82 Å². The van der Waals surface area contributed by atoms with Crippen LogP contribution in [0, 0.1) is 11.7 Å². The Labute approximate surface area is 183 Å². The van der Waals surface area contributed by atoms with Crippen molar-refractivity contribution >= 4 is 52.6 Å². The van der Waals surface area contributed by atoms with E-state index in [1.807, 2.05) is 6.92 Å². The molecule has 0 saturated carbocycles. The molecule has 2 aromatic carbocycles. The summed E-state index contributed by atoms with van der Waals surface area (Å²) < 4.78 is 13.2. The number of carbonyl (C=O) groups excluding carboxylic acids is 1. The summed E-state index contributed by atoms with van der Waals surface area (Å²) in [5.41, 5.74) is 1.66. The van der Waals surface area contributed by atoms with Crippen molar-refractivity contribution in [2.45, 2.75) is 26.2 Å². The predicted molar refractivity (Wildman–Crippen MR) is 116 cm³/mol. The Hall–Kier alpha value is -2.70. The third-order valence-electron chi connectivity index (χ3n) is 4.70. The van der Waals surface area contributed by atoms with Crippen LogP contribution < -0.4 is 5.01 Å². The topological polar surface area (TPSA) is 70.0 Å². The van der Waals surface area contributed by atoms with Gasteiger partial charge in [-0.25, -0.2) is 14.2 Å². The summed E-state index contributed by atoms with van der Waals surface area (Å²) >= 11 is 11.9. The van der Waals surface area contributed by atoms with Gasteiger partial charge in [0.15, 0.2) is 0 Å². The lowest BCUT2D eigenvalue weighted by Gasteiger charge is -2.15. The Morgan fingerprint density at radius 1 is 1.20 bits per heavy atom. The number of nitrogens with zero attached hydrogens (tertiary/aromatic N) is 2. The van der Waals surface area contributed by atoms with Crippen molar-refractivity contribution in [3.63, 3.8) is 0 Å². The van der Waals surface area contributed by atoms with E-state index in [2.05, 4.69) is 5.10 Å². The normalized spacial score (nSPS) is 16.7. The summed E-state index contributed by atoms with van der Waals surface area (Å²) in [5.74, 6) is -2.60. The molecule has 5 nitrogen and oxygen atoms in total. The summed E-state index contributed by atoms with van der Waals surface area (Å²) in [6.45, 7) is 1.95. The predicted octanol–water partition coefficient (Wildman–Crippen LogP) is 5.81. The van der Waals surface area contributed by atoms with Gasteiger partial charge in [0.05, 0.1) is 27.4 Å². The Bertz CT molecular complexity index is 1040. The fourth-order valence-electron chi connectivity index (χ4n) is 3.22. The number of amides is 1. The quantitative estimate of drug-likeness (QED) is 0.543. The van der Waals surface area contributed by atoms with E-state index >= 15 is 0 Å². The Balaban J connectivity index is 1.91. The number of halogens is 3. The van der Waals surface area contributed by atoms with E-state index in [9.17, 15) is 19.1 Å². The van der Waals surface area contributed by atoms with Gasteiger partial charge in [0.25, 0.3) is 5.91 Å². The average molecular weight is 449 g/mol. The van der Waals surface area contributed by atoms with E-state index in [1.165, 1.54) is 35.4 Å². The number of carboxylic acid groups (broad SMARTS) is 1. The van der Waals surface area contributed by atoms with Gasteiger partial charge < -0.3 is 5.11 Å².